The van der Waals surface area contributed by atoms with Gasteiger partial charge in [-0.1, -0.05) is 48.0 Å². The first kappa shape index (κ1) is 25.8. The Hall–Kier alpha value is -3.81. The van der Waals surface area contributed by atoms with Crippen LogP contribution in [0.2, 0.25) is 5.02 Å². The Bertz CT molecular complexity index is 1530. The van der Waals surface area contributed by atoms with Gasteiger partial charge < -0.3 is 23.7 Å². The predicted molar refractivity (Wildman–Crippen MR) is 146 cm³/mol. The number of carbonyl (C=O) groups is 1. The van der Waals surface area contributed by atoms with Crippen LogP contribution in [0, 0.1) is 0 Å². The van der Waals surface area contributed by atoms with Crippen molar-refractivity contribution in [2.45, 2.75) is 19.6 Å². The van der Waals surface area contributed by atoms with E-state index in [1.807, 2.05) is 69.6 Å². The molecule has 0 fully saturated rings. The van der Waals surface area contributed by atoms with Crippen LogP contribution in [0.5, 0.6) is 11.5 Å². The molecule has 3 aromatic carbocycles. The lowest BCUT2D eigenvalue weighted by Crippen LogP contribution is -3.06. The molecule has 1 aromatic heterocycles. The van der Waals surface area contributed by atoms with Crippen molar-refractivity contribution in [2.24, 2.45) is 0 Å². The van der Waals surface area contributed by atoms with Crippen molar-refractivity contribution in [1.29, 1.82) is 0 Å². The quantitative estimate of drug-likeness (QED) is 0.350. The Balaban J connectivity index is 1.60. The van der Waals surface area contributed by atoms with Crippen LogP contribution in [-0.2, 0) is 6.61 Å². The number of nitrogens with zero attached hydrogens (tertiary/aromatic N) is 1. The van der Waals surface area contributed by atoms with Crippen LogP contribution in [0.3, 0.4) is 0 Å². The highest BCUT2D eigenvalue weighted by atomic mass is 35.5. The van der Waals surface area contributed by atoms with Crippen LogP contribution in [0.4, 0.5) is 0 Å². The molecule has 0 radical (unpaired) electrons. The molecule has 1 amide bonds. The fourth-order valence-electron chi connectivity index (χ4n) is 4.73. The van der Waals surface area contributed by atoms with Crippen LogP contribution in [-0.4, -0.2) is 44.6 Å². The van der Waals surface area contributed by atoms with Gasteiger partial charge in [0.25, 0.3) is 5.91 Å². The van der Waals surface area contributed by atoms with Crippen molar-refractivity contribution >= 4 is 28.5 Å². The van der Waals surface area contributed by atoms with Crippen LogP contribution in [0.15, 0.2) is 75.9 Å². The number of amides is 1. The molecule has 1 N–H and O–H groups in total. The topological polar surface area (TPSA) is 73.4 Å². The normalized spacial score (nSPS) is 14.8. The van der Waals surface area contributed by atoms with Crippen LogP contribution >= 0.6 is 11.6 Å². The average Bonchev–Trinajstić information content (AvgIpc) is 3.19. The Morgan fingerprint density at radius 1 is 0.974 bits per heavy atom. The molecule has 4 aromatic rings. The number of rotatable bonds is 9. The van der Waals surface area contributed by atoms with E-state index in [9.17, 15) is 9.59 Å². The van der Waals surface area contributed by atoms with E-state index in [0.717, 1.165) is 11.1 Å². The molecule has 0 spiro atoms. The highest BCUT2D eigenvalue weighted by molar-refractivity contribution is 6.31. The van der Waals surface area contributed by atoms with Gasteiger partial charge in [0.1, 0.15) is 12.2 Å². The molecule has 1 aliphatic heterocycles. The molecule has 0 aliphatic carbocycles. The summed E-state index contributed by atoms with van der Waals surface area (Å²) in [6.07, 6.45) is 0. The minimum absolute atomic E-state index is 0.0749. The molecule has 196 valence electrons. The maximum atomic E-state index is 13.8. The molecule has 0 saturated carbocycles. The average molecular weight is 534 g/mol. The van der Waals surface area contributed by atoms with E-state index in [-0.39, 0.29) is 17.1 Å². The standard InChI is InChI=1S/C30H29ClN2O5/c1-4-36-25-16-20(10-12-24(25)37-18-19-8-6-5-7-9-19)27-26-28(34)22-17-21(31)11-13-23(22)38-29(26)30(35)33(27)15-14-32(2)3/h5-13,16-17,27H,4,14-15,18H2,1-3H3/p+1/t27-/m1/s1. The summed E-state index contributed by atoms with van der Waals surface area (Å²) >= 11 is 6.19. The van der Waals surface area contributed by atoms with Crippen molar-refractivity contribution in [3.05, 3.63) is 104 Å². The van der Waals surface area contributed by atoms with Crippen LogP contribution in [0.1, 0.15) is 40.2 Å². The number of fused-ring (bicyclic) bond motifs is 2. The summed E-state index contributed by atoms with van der Waals surface area (Å²) in [6, 6.07) is 19.7. The van der Waals surface area contributed by atoms with E-state index >= 15 is 0 Å². The summed E-state index contributed by atoms with van der Waals surface area (Å²) in [5.41, 5.74) is 2.18. The van der Waals surface area contributed by atoms with Gasteiger partial charge in [-0.05, 0) is 48.4 Å². The molecule has 7 nitrogen and oxygen atoms in total. The van der Waals surface area contributed by atoms with E-state index < -0.39 is 6.04 Å². The van der Waals surface area contributed by atoms with E-state index in [4.69, 9.17) is 25.5 Å². The Morgan fingerprint density at radius 2 is 1.76 bits per heavy atom. The number of carbonyl (C=O) groups excluding carboxylic acids is 1. The number of ether oxygens (including phenoxy) is 2. The SMILES string of the molecule is CCOc1cc([C@@H]2c3c(oc4ccc(Cl)cc4c3=O)C(=O)N2CC[NH+](C)C)ccc1OCc1ccccc1. The zero-order chi connectivity index (χ0) is 26.8. The number of hydrogen-bond acceptors (Lipinski definition) is 5. The number of likely N-dealkylation sites (N-methyl/N-ethyl adjacent to an activating group) is 1. The zero-order valence-electron chi connectivity index (χ0n) is 21.6. The van der Waals surface area contributed by atoms with Crippen molar-refractivity contribution in [1.82, 2.24) is 4.90 Å². The first-order valence-corrected chi connectivity index (χ1v) is 13.0. The minimum atomic E-state index is -0.626. The second-order valence-corrected chi connectivity index (χ2v) is 10.0. The Kier molecular flexibility index (Phi) is 7.40. The Morgan fingerprint density at radius 3 is 2.50 bits per heavy atom. The van der Waals surface area contributed by atoms with E-state index in [2.05, 4.69) is 0 Å². The van der Waals surface area contributed by atoms with Gasteiger partial charge in [0.15, 0.2) is 16.9 Å². The molecular formula is C30H30ClN2O5+. The van der Waals surface area contributed by atoms with Gasteiger partial charge in [0.05, 0.1) is 50.8 Å². The van der Waals surface area contributed by atoms with Gasteiger partial charge >= 0.3 is 0 Å². The lowest BCUT2D eigenvalue weighted by atomic mass is 9.98. The van der Waals surface area contributed by atoms with Gasteiger partial charge in [-0.2, -0.15) is 0 Å². The second kappa shape index (κ2) is 10.9. The molecule has 1 atom stereocenters. The number of hydrogen-bond donors (Lipinski definition) is 1. The number of nitrogens with one attached hydrogen (secondary N) is 1. The summed E-state index contributed by atoms with van der Waals surface area (Å²) < 4.78 is 18.0. The molecule has 5 rings (SSSR count). The first-order valence-electron chi connectivity index (χ1n) is 12.7. The molecule has 1 aliphatic rings. The third kappa shape index (κ3) is 4.99. The molecular weight excluding hydrogens is 504 g/mol. The van der Waals surface area contributed by atoms with Gasteiger partial charge in [0.2, 0.25) is 5.76 Å². The van der Waals surface area contributed by atoms with Crippen LogP contribution in [0.25, 0.3) is 11.0 Å². The van der Waals surface area contributed by atoms with Crippen molar-refractivity contribution in [2.75, 3.05) is 33.8 Å². The summed E-state index contributed by atoms with van der Waals surface area (Å²) in [7, 11) is 4.04. The predicted octanol–water partition coefficient (Wildman–Crippen LogP) is 4.11. The summed E-state index contributed by atoms with van der Waals surface area (Å²) in [5.74, 6) is 0.910. The minimum Gasteiger partial charge on any atom is -0.490 e. The smallest absolute Gasteiger partial charge is 0.291 e. The van der Waals surface area contributed by atoms with Gasteiger partial charge in [-0.15, -0.1) is 0 Å². The molecule has 0 saturated heterocycles. The number of quaternary nitrogens is 1. The first-order chi connectivity index (χ1) is 18.4. The van der Waals surface area contributed by atoms with Crippen LogP contribution < -0.4 is 19.8 Å². The van der Waals surface area contributed by atoms with E-state index in [0.29, 0.717) is 59.4 Å². The fraction of sp³-hybridized carbons (Fsp3) is 0.267. The molecule has 2 heterocycles. The van der Waals surface area contributed by atoms with Crippen molar-refractivity contribution in [3.63, 3.8) is 0 Å². The summed E-state index contributed by atoms with van der Waals surface area (Å²) in [4.78, 5) is 30.2. The zero-order valence-corrected chi connectivity index (χ0v) is 22.4. The summed E-state index contributed by atoms with van der Waals surface area (Å²) in [6.45, 7) is 3.87. The van der Waals surface area contributed by atoms with Crippen molar-refractivity contribution < 1.29 is 23.6 Å². The third-order valence-electron chi connectivity index (χ3n) is 6.60. The van der Waals surface area contributed by atoms with E-state index in [1.165, 1.54) is 4.90 Å². The molecule has 8 heteroatoms. The van der Waals surface area contributed by atoms with Gasteiger partial charge in [0, 0.05) is 5.02 Å². The lowest BCUT2D eigenvalue weighted by Gasteiger charge is -2.26. The maximum Gasteiger partial charge on any atom is 0.291 e. The van der Waals surface area contributed by atoms with Gasteiger partial charge in [-0.3, -0.25) is 9.59 Å². The highest BCUT2D eigenvalue weighted by Crippen LogP contribution is 2.41. The number of halogens is 1. The largest absolute Gasteiger partial charge is 0.490 e. The molecule has 0 bridgehead atoms. The fourth-order valence-corrected chi connectivity index (χ4v) is 4.90. The summed E-state index contributed by atoms with van der Waals surface area (Å²) in [5, 5.41) is 0.777. The van der Waals surface area contributed by atoms with Crippen molar-refractivity contribution in [3.8, 4) is 11.5 Å². The Labute approximate surface area is 226 Å². The third-order valence-corrected chi connectivity index (χ3v) is 6.84. The lowest BCUT2D eigenvalue weighted by molar-refractivity contribution is -0.857. The monoisotopic (exact) mass is 533 g/mol. The molecule has 0 unspecified atom stereocenters. The molecule has 38 heavy (non-hydrogen) atoms. The van der Waals surface area contributed by atoms with Gasteiger partial charge in [-0.25, -0.2) is 0 Å². The highest BCUT2D eigenvalue weighted by Gasteiger charge is 2.43. The second-order valence-electron chi connectivity index (χ2n) is 9.59. The number of benzene rings is 3. The van der Waals surface area contributed by atoms with E-state index in [1.54, 1.807) is 23.1 Å². The maximum absolute atomic E-state index is 13.8.